The topological polar surface area (TPSA) is 139 Å². The van der Waals surface area contributed by atoms with Crippen molar-refractivity contribution in [1.82, 2.24) is 15.2 Å². The molecule has 2 aromatic rings. The highest BCUT2D eigenvalue weighted by Gasteiger charge is 2.25. The van der Waals surface area contributed by atoms with E-state index in [1.165, 1.54) is 11.1 Å². The molecule has 3 heterocycles. The van der Waals surface area contributed by atoms with Crippen molar-refractivity contribution in [3.05, 3.63) is 35.5 Å². The highest BCUT2D eigenvalue weighted by Crippen LogP contribution is 2.32. The summed E-state index contributed by atoms with van der Waals surface area (Å²) < 4.78 is 6.18. The Morgan fingerprint density at radius 2 is 2.20 bits per heavy atom. The number of carbonyl (C=O) groups is 2. The number of pyridine rings is 1. The Labute approximate surface area is 174 Å². The van der Waals surface area contributed by atoms with E-state index < -0.39 is 16.6 Å². The minimum Gasteiger partial charge on any atom is -0.488 e. The molecule has 154 valence electrons. The van der Waals surface area contributed by atoms with E-state index in [0.29, 0.717) is 48.1 Å². The molecule has 30 heavy (non-hydrogen) atoms. The summed E-state index contributed by atoms with van der Waals surface area (Å²) in [5, 5.41) is 31.8. The molecule has 0 spiro atoms. The maximum Gasteiger partial charge on any atom is 0.407 e. The zero-order chi connectivity index (χ0) is 21.3. The molecule has 4 rings (SSSR count). The van der Waals surface area contributed by atoms with Gasteiger partial charge >= 0.3 is 6.09 Å². The Balaban J connectivity index is 1.67. The van der Waals surface area contributed by atoms with E-state index in [1.807, 2.05) is 23.6 Å². The number of nitriles is 1. The predicted octanol–water partition coefficient (Wildman–Crippen LogP) is 2.11. The van der Waals surface area contributed by atoms with Crippen LogP contribution in [0.2, 0.25) is 0 Å². The van der Waals surface area contributed by atoms with Crippen molar-refractivity contribution in [2.45, 2.75) is 18.9 Å². The van der Waals surface area contributed by atoms with Crippen LogP contribution in [0.1, 0.15) is 24.0 Å². The van der Waals surface area contributed by atoms with Gasteiger partial charge in [-0.25, -0.2) is 4.79 Å². The molecular formula is C20H19N5O4S. The van der Waals surface area contributed by atoms with Crippen molar-refractivity contribution in [1.29, 1.82) is 10.7 Å². The maximum atomic E-state index is 11.5. The van der Waals surface area contributed by atoms with Gasteiger partial charge in [-0.05, 0) is 23.1 Å². The third-order valence-electron chi connectivity index (χ3n) is 5.04. The van der Waals surface area contributed by atoms with Gasteiger partial charge in [0.15, 0.2) is 5.17 Å². The molecular weight excluding hydrogens is 406 g/mol. The molecule has 1 aromatic carbocycles. The van der Waals surface area contributed by atoms with Crippen LogP contribution in [0.15, 0.2) is 24.4 Å². The van der Waals surface area contributed by atoms with Crippen LogP contribution in [0.5, 0.6) is 5.75 Å². The maximum absolute atomic E-state index is 11.5. The largest absolute Gasteiger partial charge is 0.488 e. The van der Waals surface area contributed by atoms with Gasteiger partial charge in [-0.1, -0.05) is 6.07 Å². The minimum atomic E-state index is -0.938. The first kappa shape index (κ1) is 19.8. The smallest absolute Gasteiger partial charge is 0.407 e. The van der Waals surface area contributed by atoms with Gasteiger partial charge in [0.05, 0.1) is 11.3 Å². The summed E-state index contributed by atoms with van der Waals surface area (Å²) in [6, 6.07) is 7.66. The Kier molecular flexibility index (Phi) is 5.37. The Morgan fingerprint density at radius 3 is 2.83 bits per heavy atom. The highest BCUT2D eigenvalue weighted by molar-refractivity contribution is 8.29. The van der Waals surface area contributed by atoms with Gasteiger partial charge in [-0.3, -0.25) is 15.2 Å². The van der Waals surface area contributed by atoms with Crippen LogP contribution in [0, 0.1) is 16.7 Å². The minimum absolute atomic E-state index is 0.162. The zero-order valence-corrected chi connectivity index (χ0v) is 16.7. The van der Waals surface area contributed by atoms with E-state index in [-0.39, 0.29) is 22.9 Å². The fourth-order valence-electron chi connectivity index (χ4n) is 3.50. The molecule has 2 aliphatic heterocycles. The van der Waals surface area contributed by atoms with Crippen molar-refractivity contribution in [3.63, 3.8) is 0 Å². The number of amidine groups is 1. The number of likely N-dealkylation sites (tertiary alicyclic amines) is 1. The average molecular weight is 425 g/mol. The summed E-state index contributed by atoms with van der Waals surface area (Å²) in [6.07, 6.45) is 1.43. The van der Waals surface area contributed by atoms with Crippen LogP contribution in [-0.2, 0) is 4.79 Å². The molecule has 0 radical (unpaired) electrons. The number of aromatic nitrogens is 1. The van der Waals surface area contributed by atoms with E-state index in [4.69, 9.17) is 15.3 Å². The van der Waals surface area contributed by atoms with Gasteiger partial charge in [0, 0.05) is 37.5 Å². The molecule has 9 nitrogen and oxygen atoms in total. The molecule has 2 saturated heterocycles. The normalized spacial score (nSPS) is 19.7. The number of fused-ring (bicyclic) bond motifs is 1. The highest BCUT2D eigenvalue weighted by atomic mass is 32.2. The molecule has 3 N–H and O–H groups in total. The second-order valence-corrected chi connectivity index (χ2v) is 8.83. The first-order chi connectivity index (χ1) is 14.4. The monoisotopic (exact) mass is 425 g/mol. The molecule has 1 aromatic heterocycles. The summed E-state index contributed by atoms with van der Waals surface area (Å²) in [6.45, 7) is 0.770. The van der Waals surface area contributed by atoms with E-state index >= 15 is 0 Å². The number of ether oxygens (including phenoxy) is 1. The van der Waals surface area contributed by atoms with Crippen molar-refractivity contribution >= 4 is 43.9 Å². The van der Waals surface area contributed by atoms with Gasteiger partial charge < -0.3 is 20.1 Å². The van der Waals surface area contributed by atoms with E-state index in [0.717, 1.165) is 5.56 Å². The summed E-state index contributed by atoms with van der Waals surface area (Å²) >= 11 is 0. The molecule has 0 saturated carbocycles. The first-order valence-electron chi connectivity index (χ1n) is 9.35. The molecule has 10 heteroatoms. The Hall–Kier alpha value is -3.45. The number of benzene rings is 1. The van der Waals surface area contributed by atoms with E-state index in [9.17, 15) is 14.9 Å². The molecule has 0 aliphatic carbocycles. The van der Waals surface area contributed by atoms with Crippen molar-refractivity contribution in [3.8, 4) is 11.8 Å². The quantitative estimate of drug-likeness (QED) is 0.644. The van der Waals surface area contributed by atoms with E-state index in [2.05, 4.69) is 16.4 Å². The van der Waals surface area contributed by atoms with Crippen LogP contribution in [0.25, 0.3) is 10.9 Å². The second kappa shape index (κ2) is 8.12. The molecule has 1 unspecified atom stereocenters. The molecule has 0 bridgehead atoms. The predicted molar refractivity (Wildman–Crippen MR) is 113 cm³/mol. The Morgan fingerprint density at radius 1 is 1.43 bits per heavy atom. The van der Waals surface area contributed by atoms with Crippen molar-refractivity contribution in [2.75, 3.05) is 18.8 Å². The lowest BCUT2D eigenvalue weighted by atomic mass is 10.1. The molecule has 2 fully saturated rings. The number of rotatable bonds is 3. The van der Waals surface area contributed by atoms with Crippen LogP contribution in [-0.4, -0.2) is 62.5 Å². The number of hydrogen-bond acceptors (Lipinski definition) is 6. The first-order valence-corrected chi connectivity index (χ1v) is 10.8. The van der Waals surface area contributed by atoms with Gasteiger partial charge in [0.25, 0.3) is 0 Å². The van der Waals surface area contributed by atoms with Gasteiger partial charge in [0.1, 0.15) is 23.5 Å². The lowest BCUT2D eigenvalue weighted by molar-refractivity contribution is -0.116. The number of amides is 2. The zero-order valence-electron chi connectivity index (χ0n) is 15.9. The standard InChI is InChI=1S/C20H19N5O4S/c21-8-13-9-23-16-2-1-12(10-30-11-17(26)24-19(30)22)7-15(16)18(13)29-14-3-5-25(6-4-14)20(27)28/h1-2,7,9-10,14H,3-6,11H2,(H,27,28)(H2,22,24,26). The molecule has 2 amide bonds. The van der Waals surface area contributed by atoms with Crippen LogP contribution >= 0.6 is 10.5 Å². The number of nitrogens with zero attached hydrogens (tertiary/aromatic N) is 3. The van der Waals surface area contributed by atoms with Crippen LogP contribution in [0.3, 0.4) is 0 Å². The van der Waals surface area contributed by atoms with Gasteiger partial charge in [-0.2, -0.15) is 5.26 Å². The van der Waals surface area contributed by atoms with Crippen molar-refractivity contribution < 1.29 is 19.4 Å². The summed E-state index contributed by atoms with van der Waals surface area (Å²) in [4.78, 5) is 28.3. The van der Waals surface area contributed by atoms with Gasteiger partial charge in [0.2, 0.25) is 5.91 Å². The lowest BCUT2D eigenvalue weighted by Gasteiger charge is -2.30. The van der Waals surface area contributed by atoms with Gasteiger partial charge in [-0.15, -0.1) is 10.5 Å². The summed E-state index contributed by atoms with van der Waals surface area (Å²) in [5.74, 6) is 0.537. The molecule has 2 aliphatic rings. The van der Waals surface area contributed by atoms with E-state index in [1.54, 1.807) is 0 Å². The average Bonchev–Trinajstić information content (AvgIpc) is 3.05. The van der Waals surface area contributed by atoms with Crippen molar-refractivity contribution in [2.24, 2.45) is 0 Å². The number of piperidine rings is 1. The number of carboxylic acid groups (broad SMARTS) is 1. The lowest BCUT2D eigenvalue weighted by Crippen LogP contribution is -2.41. The third-order valence-corrected chi connectivity index (χ3v) is 6.80. The molecule has 1 atom stereocenters. The summed E-state index contributed by atoms with van der Waals surface area (Å²) in [7, 11) is -0.614. The fraction of sp³-hybridized carbons (Fsp3) is 0.300. The summed E-state index contributed by atoms with van der Waals surface area (Å²) in [5.41, 5.74) is 1.80. The Bertz CT molecular complexity index is 1130. The SMILES string of the molecule is N#Cc1cnc2ccc(/C=S3/CC(=O)NC3=N)cc2c1OC1CCN(C(=O)O)CC1. The van der Waals surface area contributed by atoms with Crippen LogP contribution < -0.4 is 10.1 Å². The third kappa shape index (κ3) is 3.97. The number of nitrogens with one attached hydrogen (secondary N) is 2. The fourth-order valence-corrected chi connectivity index (χ4v) is 4.92. The second-order valence-electron chi connectivity index (χ2n) is 7.04. The number of hydrogen-bond donors (Lipinski definition) is 3. The number of carbonyl (C=O) groups excluding carboxylic acids is 1. The van der Waals surface area contributed by atoms with Crippen LogP contribution in [0.4, 0.5) is 4.79 Å².